The first-order chi connectivity index (χ1) is 9.89. The van der Waals surface area contributed by atoms with Crippen molar-refractivity contribution in [3.05, 3.63) is 16.3 Å². The van der Waals surface area contributed by atoms with Crippen LogP contribution in [-0.2, 0) is 12.8 Å². The Morgan fingerprint density at radius 1 is 1.38 bits per heavy atom. The Hall–Kier alpha value is -1.20. The first-order valence-corrected chi connectivity index (χ1v) is 8.39. The van der Waals surface area contributed by atoms with Crippen LogP contribution in [0.15, 0.2) is 0 Å². The fraction of sp³-hybridized carbons (Fsp3) is 0.625. The Labute approximate surface area is 129 Å². The van der Waals surface area contributed by atoms with Crippen LogP contribution in [0.4, 0.5) is 5.82 Å². The Kier molecular flexibility index (Phi) is 3.66. The van der Waals surface area contributed by atoms with Gasteiger partial charge < -0.3 is 10.4 Å². The summed E-state index contributed by atoms with van der Waals surface area (Å²) in [6.45, 7) is 8.28. The highest BCUT2D eigenvalue weighted by Gasteiger charge is 2.25. The molecular formula is C16H23N3OS. The number of rotatable bonds is 3. The summed E-state index contributed by atoms with van der Waals surface area (Å²) in [5.74, 6) is 2.42. The van der Waals surface area contributed by atoms with Crippen molar-refractivity contribution < 1.29 is 5.11 Å². The lowest BCUT2D eigenvalue weighted by Gasteiger charge is -2.25. The summed E-state index contributed by atoms with van der Waals surface area (Å²) >= 11 is 1.81. The lowest BCUT2D eigenvalue weighted by atomic mass is 9.89. The number of aromatic nitrogens is 2. The molecule has 21 heavy (non-hydrogen) atoms. The lowest BCUT2D eigenvalue weighted by molar-refractivity contribution is 0.234. The van der Waals surface area contributed by atoms with Gasteiger partial charge in [0.1, 0.15) is 16.5 Å². The number of thiophene rings is 1. The van der Waals surface area contributed by atoms with Gasteiger partial charge >= 0.3 is 0 Å². The average Bonchev–Trinajstić information content (AvgIpc) is 2.75. The number of nitrogens with one attached hydrogen (secondary N) is 1. The van der Waals surface area contributed by atoms with Gasteiger partial charge in [0.05, 0.1) is 17.5 Å². The molecule has 2 N–H and O–H groups in total. The summed E-state index contributed by atoms with van der Waals surface area (Å²) in [6, 6.07) is 0. The van der Waals surface area contributed by atoms with E-state index in [1.165, 1.54) is 22.2 Å². The Bertz CT molecular complexity index is 678. The predicted octanol–water partition coefficient (Wildman–Crippen LogP) is 3.31. The van der Waals surface area contributed by atoms with E-state index in [4.69, 9.17) is 0 Å². The molecule has 1 aliphatic rings. The first kappa shape index (κ1) is 14.7. The smallest absolute Gasteiger partial charge is 0.139 e. The van der Waals surface area contributed by atoms with Crippen LogP contribution in [-0.4, -0.2) is 27.2 Å². The van der Waals surface area contributed by atoms with Crippen LogP contribution in [0.5, 0.6) is 0 Å². The Morgan fingerprint density at radius 2 is 2.14 bits per heavy atom. The van der Waals surface area contributed by atoms with E-state index < -0.39 is 0 Å². The van der Waals surface area contributed by atoms with Crippen molar-refractivity contribution in [3.8, 4) is 0 Å². The van der Waals surface area contributed by atoms with Crippen LogP contribution in [0.3, 0.4) is 0 Å². The minimum absolute atomic E-state index is 0.0703. The summed E-state index contributed by atoms with van der Waals surface area (Å²) in [6.07, 6.45) is 3.49. The van der Waals surface area contributed by atoms with E-state index in [-0.39, 0.29) is 12.1 Å². The number of hydrogen-bond donors (Lipinski definition) is 2. The highest BCUT2D eigenvalue weighted by Crippen LogP contribution is 2.40. The second-order valence-electron chi connectivity index (χ2n) is 6.82. The third-order valence-corrected chi connectivity index (χ3v) is 5.27. The molecule has 4 nitrogen and oxygen atoms in total. The molecule has 0 spiro atoms. The summed E-state index contributed by atoms with van der Waals surface area (Å²) in [7, 11) is 0. The fourth-order valence-corrected chi connectivity index (χ4v) is 4.33. The van der Waals surface area contributed by atoms with Crippen molar-refractivity contribution in [3.63, 3.8) is 0 Å². The van der Waals surface area contributed by atoms with Crippen molar-refractivity contribution in [1.82, 2.24) is 9.97 Å². The van der Waals surface area contributed by atoms with Crippen molar-refractivity contribution in [1.29, 1.82) is 0 Å². The van der Waals surface area contributed by atoms with Crippen molar-refractivity contribution in [2.75, 3.05) is 11.9 Å². The summed E-state index contributed by atoms with van der Waals surface area (Å²) in [5.41, 5.74) is 1.04. The summed E-state index contributed by atoms with van der Waals surface area (Å²) in [5, 5.41) is 14.1. The zero-order valence-corrected chi connectivity index (χ0v) is 14.0. The third kappa shape index (κ3) is 2.77. The van der Waals surface area contributed by atoms with Crippen LogP contribution >= 0.6 is 11.3 Å². The van der Waals surface area contributed by atoms with Gasteiger partial charge in [-0.1, -0.05) is 6.92 Å². The summed E-state index contributed by atoms with van der Waals surface area (Å²) < 4.78 is 0. The zero-order valence-electron chi connectivity index (χ0n) is 13.2. The van der Waals surface area contributed by atoms with E-state index in [9.17, 15) is 5.11 Å². The SMILES string of the molecule is Cc1nc(NC(C)(C)CO)c2c3c(sc2n1)CC(C)CC3. The monoisotopic (exact) mass is 305 g/mol. The molecule has 5 heteroatoms. The van der Waals surface area contributed by atoms with Crippen LogP contribution in [0.2, 0.25) is 0 Å². The molecule has 1 unspecified atom stereocenters. The molecule has 114 valence electrons. The Morgan fingerprint density at radius 3 is 2.86 bits per heavy atom. The van der Waals surface area contributed by atoms with Gasteiger partial charge in [0.25, 0.3) is 0 Å². The number of fused-ring (bicyclic) bond motifs is 3. The molecule has 0 aliphatic heterocycles. The van der Waals surface area contributed by atoms with E-state index in [1.807, 2.05) is 32.1 Å². The number of anilines is 1. The van der Waals surface area contributed by atoms with Crippen molar-refractivity contribution >= 4 is 27.4 Å². The molecule has 2 aromatic rings. The van der Waals surface area contributed by atoms with E-state index in [0.29, 0.717) is 0 Å². The molecule has 0 saturated carbocycles. The molecule has 0 fully saturated rings. The van der Waals surface area contributed by atoms with Crippen molar-refractivity contribution in [2.24, 2.45) is 5.92 Å². The summed E-state index contributed by atoms with van der Waals surface area (Å²) in [4.78, 5) is 11.8. The molecule has 2 aromatic heterocycles. The number of aliphatic hydroxyl groups excluding tert-OH is 1. The van der Waals surface area contributed by atoms with Crippen LogP contribution in [0.1, 0.15) is 43.5 Å². The standard InChI is InChI=1S/C16H23N3OS/c1-9-5-6-11-12(7-9)21-15-13(11)14(17-10(2)18-15)19-16(3,4)8-20/h9,20H,5-8H2,1-4H3,(H,17,18,19). The maximum atomic E-state index is 9.52. The maximum absolute atomic E-state index is 9.52. The highest BCUT2D eigenvalue weighted by atomic mass is 32.1. The van der Waals surface area contributed by atoms with Crippen LogP contribution in [0.25, 0.3) is 10.2 Å². The van der Waals surface area contributed by atoms with Gasteiger partial charge in [-0.15, -0.1) is 11.3 Å². The van der Waals surface area contributed by atoms with Gasteiger partial charge in [-0.25, -0.2) is 9.97 Å². The maximum Gasteiger partial charge on any atom is 0.139 e. The fourth-order valence-electron chi connectivity index (χ4n) is 2.90. The van der Waals surface area contributed by atoms with E-state index in [0.717, 1.165) is 35.2 Å². The largest absolute Gasteiger partial charge is 0.394 e. The normalized spacial score (nSPS) is 18.8. The minimum Gasteiger partial charge on any atom is -0.394 e. The quantitative estimate of drug-likeness (QED) is 0.913. The molecule has 0 bridgehead atoms. The van der Waals surface area contributed by atoms with Gasteiger partial charge in [-0.2, -0.15) is 0 Å². The van der Waals surface area contributed by atoms with Crippen LogP contribution < -0.4 is 5.32 Å². The molecule has 2 heterocycles. The number of aryl methyl sites for hydroxylation is 2. The molecule has 3 rings (SSSR count). The molecule has 1 aliphatic carbocycles. The van der Waals surface area contributed by atoms with Gasteiger partial charge in [0.15, 0.2) is 0 Å². The third-order valence-electron chi connectivity index (χ3n) is 4.12. The molecular weight excluding hydrogens is 282 g/mol. The minimum atomic E-state index is -0.384. The number of aliphatic hydroxyl groups is 1. The molecule has 0 aromatic carbocycles. The van der Waals surface area contributed by atoms with Gasteiger partial charge in [-0.05, 0) is 51.5 Å². The second-order valence-corrected chi connectivity index (χ2v) is 7.90. The predicted molar refractivity (Wildman–Crippen MR) is 88.1 cm³/mol. The Balaban J connectivity index is 2.15. The average molecular weight is 305 g/mol. The van der Waals surface area contributed by atoms with E-state index in [1.54, 1.807) is 0 Å². The van der Waals surface area contributed by atoms with Crippen molar-refractivity contribution in [2.45, 2.75) is 52.5 Å². The topological polar surface area (TPSA) is 58.0 Å². The molecule has 0 saturated heterocycles. The highest BCUT2D eigenvalue weighted by molar-refractivity contribution is 7.19. The number of hydrogen-bond acceptors (Lipinski definition) is 5. The first-order valence-electron chi connectivity index (χ1n) is 7.57. The zero-order chi connectivity index (χ0) is 15.2. The van der Waals surface area contributed by atoms with Gasteiger partial charge in [0, 0.05) is 4.88 Å². The lowest BCUT2D eigenvalue weighted by Crippen LogP contribution is -2.35. The van der Waals surface area contributed by atoms with Gasteiger partial charge in [0.2, 0.25) is 0 Å². The van der Waals surface area contributed by atoms with E-state index >= 15 is 0 Å². The second kappa shape index (κ2) is 5.21. The van der Waals surface area contributed by atoms with Gasteiger partial charge in [-0.3, -0.25) is 0 Å². The van der Waals surface area contributed by atoms with E-state index in [2.05, 4.69) is 22.2 Å². The molecule has 1 atom stereocenters. The van der Waals surface area contributed by atoms with Crippen LogP contribution in [0, 0.1) is 12.8 Å². The number of nitrogens with zero attached hydrogens (tertiary/aromatic N) is 2. The molecule has 0 radical (unpaired) electrons. The molecule has 0 amide bonds.